The number of carboxylic acids is 1. The Morgan fingerprint density at radius 1 is 1.00 bits per heavy atom. The molecular weight excluding hydrogens is 729 g/mol. The topological polar surface area (TPSA) is 93.3 Å². The van der Waals surface area contributed by atoms with Crippen molar-refractivity contribution in [2.24, 2.45) is 13.0 Å². The van der Waals surface area contributed by atoms with E-state index in [-0.39, 0.29) is 5.56 Å². The van der Waals surface area contributed by atoms with Crippen LogP contribution in [0, 0.1) is 33.6 Å². The third-order valence-electron chi connectivity index (χ3n) is 11.2. The van der Waals surface area contributed by atoms with Gasteiger partial charge < -0.3 is 25.0 Å². The summed E-state index contributed by atoms with van der Waals surface area (Å²) in [6, 6.07) is 13.6. The Labute approximate surface area is 335 Å². The van der Waals surface area contributed by atoms with Crippen LogP contribution in [0.25, 0.3) is 33.7 Å². The van der Waals surface area contributed by atoms with Crippen molar-refractivity contribution in [1.29, 1.82) is 0 Å². The second-order valence-electron chi connectivity index (χ2n) is 15.1. The van der Waals surface area contributed by atoms with Crippen molar-refractivity contribution in [3.63, 3.8) is 0 Å². The monoisotopic (exact) mass is 783 g/mol. The Morgan fingerprint density at radius 2 is 1.75 bits per heavy atom. The molecule has 1 saturated carbocycles. The van der Waals surface area contributed by atoms with Gasteiger partial charge in [0.05, 0.1) is 28.6 Å². The van der Waals surface area contributed by atoms with Crippen molar-refractivity contribution in [2.45, 2.75) is 85.6 Å². The summed E-state index contributed by atoms with van der Waals surface area (Å²) in [4.78, 5) is 12.2. The highest BCUT2D eigenvalue weighted by atomic mass is 35.5. The van der Waals surface area contributed by atoms with Crippen molar-refractivity contribution in [3.8, 4) is 16.9 Å². The number of nitrogens with one attached hydrogen (secondary N) is 2. The number of carboxylic acid groups (broad SMARTS) is 1. The second kappa shape index (κ2) is 18.1. The summed E-state index contributed by atoms with van der Waals surface area (Å²) < 4.78 is 10.5. The average Bonchev–Trinajstić information content (AvgIpc) is 3.64. The first-order valence-electron chi connectivity index (χ1n) is 19.6. The maximum absolute atomic E-state index is 12.2. The molecule has 2 aromatic heterocycles. The first kappa shape index (κ1) is 40.4. The van der Waals surface area contributed by atoms with Gasteiger partial charge in [-0.3, -0.25) is 4.68 Å². The zero-order chi connectivity index (χ0) is 39.2. The lowest BCUT2D eigenvalue weighted by molar-refractivity contribution is 0.0697. The summed E-state index contributed by atoms with van der Waals surface area (Å²) in [5, 5.41) is 24.2. The molecule has 5 aromatic rings. The number of allylic oxidation sites excluding steroid dienone is 1. The number of hydrogen-bond donors (Lipinski definition) is 3. The van der Waals surface area contributed by atoms with Gasteiger partial charge in [-0.15, -0.1) is 0 Å². The van der Waals surface area contributed by atoms with Crippen LogP contribution in [0.5, 0.6) is 5.75 Å². The van der Waals surface area contributed by atoms with E-state index in [9.17, 15) is 9.90 Å². The van der Waals surface area contributed by atoms with Crippen molar-refractivity contribution < 1.29 is 14.6 Å². The molecule has 2 heterocycles. The summed E-state index contributed by atoms with van der Waals surface area (Å²) in [5.41, 5.74) is 11.3. The van der Waals surface area contributed by atoms with Crippen LogP contribution < -0.4 is 15.4 Å². The van der Waals surface area contributed by atoms with E-state index < -0.39 is 5.97 Å². The van der Waals surface area contributed by atoms with E-state index in [1.165, 1.54) is 32.1 Å². The van der Waals surface area contributed by atoms with Crippen LogP contribution in [0.15, 0.2) is 48.7 Å². The van der Waals surface area contributed by atoms with Gasteiger partial charge in [-0.05, 0) is 119 Å². The Balaban J connectivity index is 1.47. The molecule has 292 valence electrons. The number of rotatable bonds is 16. The minimum Gasteiger partial charge on any atom is -0.494 e. The van der Waals surface area contributed by atoms with Crippen molar-refractivity contribution in [3.05, 3.63) is 97.9 Å². The molecule has 10 heteroatoms. The third kappa shape index (κ3) is 9.25. The van der Waals surface area contributed by atoms with Gasteiger partial charge in [0.25, 0.3) is 0 Å². The maximum Gasteiger partial charge on any atom is 0.335 e. The first-order chi connectivity index (χ1) is 26.5. The molecular formula is C45H55Cl2N5O3. The predicted octanol–water partition coefficient (Wildman–Crippen LogP) is 11.3. The number of fused-ring (bicyclic) bond motifs is 1. The highest BCUT2D eigenvalue weighted by Crippen LogP contribution is 2.44. The zero-order valence-electron chi connectivity index (χ0n) is 33.1. The lowest BCUT2D eigenvalue weighted by Gasteiger charge is -2.21. The summed E-state index contributed by atoms with van der Waals surface area (Å²) in [7, 11) is 3.91. The Morgan fingerprint density at radius 3 is 2.42 bits per heavy atom. The quantitative estimate of drug-likeness (QED) is 0.0863. The SMILES string of the molecule is CNCCNc1c(/C(=C/c2cn(CCC3CCCCC3)c3ccc(C(=O)O)cc23)CCCOc2cc(C)c(Cl)c(C)c2)ccc(Cl)c1-c1c(C)nn(C)c1C. The summed E-state index contributed by atoms with van der Waals surface area (Å²) in [6.07, 6.45) is 13.6. The lowest BCUT2D eigenvalue weighted by Crippen LogP contribution is -2.19. The fourth-order valence-electron chi connectivity index (χ4n) is 8.19. The molecule has 55 heavy (non-hydrogen) atoms. The van der Waals surface area contributed by atoms with Crippen LogP contribution in [-0.2, 0) is 13.6 Å². The number of nitrogens with zero attached hydrogens (tertiary/aromatic N) is 3. The molecule has 0 spiro atoms. The van der Waals surface area contributed by atoms with E-state index in [0.717, 1.165) is 110 Å². The molecule has 3 aromatic carbocycles. The van der Waals surface area contributed by atoms with E-state index in [0.29, 0.717) is 24.6 Å². The van der Waals surface area contributed by atoms with Gasteiger partial charge in [-0.1, -0.05) is 61.4 Å². The molecule has 6 rings (SSSR count). The van der Waals surface area contributed by atoms with Gasteiger partial charge in [0, 0.05) is 76.8 Å². The molecule has 0 radical (unpaired) electrons. The van der Waals surface area contributed by atoms with Crippen molar-refractivity contribution >= 4 is 57.4 Å². The number of carbonyl (C=O) groups is 1. The summed E-state index contributed by atoms with van der Waals surface area (Å²) >= 11 is 13.6. The van der Waals surface area contributed by atoms with Gasteiger partial charge in [0.15, 0.2) is 0 Å². The van der Waals surface area contributed by atoms with E-state index >= 15 is 0 Å². The Hall–Kier alpha value is -4.24. The molecule has 0 atom stereocenters. The molecule has 0 aliphatic heterocycles. The summed E-state index contributed by atoms with van der Waals surface area (Å²) in [5.74, 6) is 0.598. The van der Waals surface area contributed by atoms with E-state index in [4.69, 9.17) is 33.0 Å². The molecule has 1 aliphatic carbocycles. The summed E-state index contributed by atoms with van der Waals surface area (Å²) in [6.45, 7) is 10.9. The van der Waals surface area contributed by atoms with Gasteiger partial charge >= 0.3 is 5.97 Å². The van der Waals surface area contributed by atoms with Gasteiger partial charge in [-0.25, -0.2) is 4.79 Å². The fraction of sp³-hybridized carbons (Fsp3) is 0.422. The molecule has 1 aliphatic rings. The van der Waals surface area contributed by atoms with Crippen LogP contribution in [0.3, 0.4) is 0 Å². The normalized spacial score (nSPS) is 13.9. The van der Waals surface area contributed by atoms with E-state index in [2.05, 4.69) is 40.5 Å². The molecule has 3 N–H and O–H groups in total. The number of ether oxygens (including phenoxy) is 1. The predicted molar refractivity (Wildman–Crippen MR) is 229 cm³/mol. The van der Waals surface area contributed by atoms with Crippen LogP contribution in [0.2, 0.25) is 10.0 Å². The molecule has 0 unspecified atom stereocenters. The minimum absolute atomic E-state index is 0.279. The zero-order valence-corrected chi connectivity index (χ0v) is 34.6. The second-order valence-corrected chi connectivity index (χ2v) is 15.9. The minimum atomic E-state index is -0.933. The first-order valence-corrected chi connectivity index (χ1v) is 20.4. The van der Waals surface area contributed by atoms with Gasteiger partial charge in [-0.2, -0.15) is 5.10 Å². The number of aromatic carboxylic acids is 1. The van der Waals surface area contributed by atoms with Crippen LogP contribution in [0.4, 0.5) is 5.69 Å². The van der Waals surface area contributed by atoms with Crippen LogP contribution >= 0.6 is 23.2 Å². The fourth-order valence-corrected chi connectivity index (χ4v) is 8.55. The molecule has 1 fully saturated rings. The Bertz CT molecular complexity index is 2170. The number of likely N-dealkylation sites (N-methyl/N-ethyl adjacent to an activating group) is 1. The average molecular weight is 785 g/mol. The van der Waals surface area contributed by atoms with Crippen molar-refractivity contribution in [2.75, 3.05) is 32.1 Å². The van der Waals surface area contributed by atoms with Crippen LogP contribution in [0.1, 0.15) is 95.4 Å². The Kier molecular flexibility index (Phi) is 13.3. The highest BCUT2D eigenvalue weighted by molar-refractivity contribution is 6.34. The number of hydrogen-bond acceptors (Lipinski definition) is 5. The lowest BCUT2D eigenvalue weighted by atomic mass is 9.87. The van der Waals surface area contributed by atoms with Gasteiger partial charge in [0.1, 0.15) is 5.75 Å². The number of halogens is 2. The number of anilines is 1. The van der Waals surface area contributed by atoms with E-state index in [1.807, 2.05) is 69.9 Å². The molecule has 0 saturated heterocycles. The molecule has 8 nitrogen and oxygen atoms in total. The standard InChI is InChI=1S/C45H55Cl2N5O3/c1-28-23-36(24-29(2)43(28)47)55-22-10-13-33(37-15-16-39(46)42(44(37)49-20-19-48-5)41-30(3)50-51(6)31(41)4)25-35-27-52(21-18-32-11-8-7-9-12-32)40-17-14-34(45(53)54)26-38(35)40/h14-17,23-27,32,48-49H,7-13,18-22H2,1-6H3,(H,53,54)/b33-25+. The third-order valence-corrected chi connectivity index (χ3v) is 12.1. The highest BCUT2D eigenvalue weighted by Gasteiger charge is 2.23. The smallest absolute Gasteiger partial charge is 0.335 e. The van der Waals surface area contributed by atoms with Crippen molar-refractivity contribution in [1.82, 2.24) is 19.7 Å². The van der Waals surface area contributed by atoms with Crippen LogP contribution in [-0.4, -0.2) is 52.2 Å². The van der Waals surface area contributed by atoms with E-state index in [1.54, 1.807) is 6.07 Å². The molecule has 0 bridgehead atoms. The maximum atomic E-state index is 12.2. The number of aryl methyl sites for hydroxylation is 5. The number of aromatic nitrogens is 3. The van der Waals surface area contributed by atoms with Gasteiger partial charge in [0.2, 0.25) is 0 Å². The molecule has 0 amide bonds. The number of benzene rings is 3. The largest absolute Gasteiger partial charge is 0.494 e.